The SMILES string of the molecule is CCNC(C)c1ccc(SC(C)(C)C)cc1. The average molecular weight is 237 g/mol. The molecule has 1 rings (SSSR count). The molecule has 1 aromatic rings. The summed E-state index contributed by atoms with van der Waals surface area (Å²) in [5.74, 6) is 0. The lowest BCUT2D eigenvalue weighted by atomic mass is 10.1. The van der Waals surface area contributed by atoms with Gasteiger partial charge in [0.05, 0.1) is 0 Å². The number of benzene rings is 1. The van der Waals surface area contributed by atoms with Crippen molar-refractivity contribution in [2.24, 2.45) is 0 Å². The highest BCUT2D eigenvalue weighted by molar-refractivity contribution is 8.00. The molecule has 0 aromatic heterocycles. The molecule has 16 heavy (non-hydrogen) atoms. The van der Waals surface area contributed by atoms with Crippen molar-refractivity contribution >= 4 is 11.8 Å². The predicted octanol–water partition coefficient (Wildman–Crippen LogP) is 4.25. The highest BCUT2D eigenvalue weighted by atomic mass is 32.2. The van der Waals surface area contributed by atoms with E-state index in [0.29, 0.717) is 6.04 Å². The Kier molecular flexibility index (Phi) is 4.88. The van der Waals surface area contributed by atoms with Crippen LogP contribution in [0.2, 0.25) is 0 Å². The molecule has 1 nitrogen and oxygen atoms in total. The molecular weight excluding hydrogens is 214 g/mol. The lowest BCUT2D eigenvalue weighted by molar-refractivity contribution is 0.598. The molecule has 2 heteroatoms. The van der Waals surface area contributed by atoms with Crippen LogP contribution in [0.5, 0.6) is 0 Å². The quantitative estimate of drug-likeness (QED) is 0.786. The van der Waals surface area contributed by atoms with E-state index in [-0.39, 0.29) is 4.75 Å². The van der Waals surface area contributed by atoms with Gasteiger partial charge in [-0.05, 0) is 31.2 Å². The Morgan fingerprint density at radius 2 is 1.75 bits per heavy atom. The van der Waals surface area contributed by atoms with E-state index in [1.807, 2.05) is 11.8 Å². The molecule has 0 radical (unpaired) electrons. The standard InChI is InChI=1S/C14H23NS/c1-6-15-11(2)12-7-9-13(10-8-12)16-14(3,4)5/h7-11,15H,6H2,1-5H3. The first kappa shape index (κ1) is 13.6. The van der Waals surface area contributed by atoms with Crippen molar-refractivity contribution in [2.75, 3.05) is 6.54 Å². The second-order valence-electron chi connectivity index (χ2n) is 5.06. The van der Waals surface area contributed by atoms with Gasteiger partial charge >= 0.3 is 0 Å². The molecule has 0 saturated heterocycles. The van der Waals surface area contributed by atoms with Crippen LogP contribution in [0.4, 0.5) is 0 Å². The zero-order valence-corrected chi connectivity index (χ0v) is 11.8. The van der Waals surface area contributed by atoms with Crippen molar-refractivity contribution in [3.05, 3.63) is 29.8 Å². The van der Waals surface area contributed by atoms with Gasteiger partial charge in [-0.15, -0.1) is 11.8 Å². The predicted molar refractivity (Wildman–Crippen MR) is 74.1 cm³/mol. The Hall–Kier alpha value is -0.470. The van der Waals surface area contributed by atoms with Crippen LogP contribution >= 0.6 is 11.8 Å². The summed E-state index contributed by atoms with van der Waals surface area (Å²) in [5, 5.41) is 3.42. The molecular formula is C14H23NS. The number of thioether (sulfide) groups is 1. The molecule has 1 N–H and O–H groups in total. The molecule has 1 atom stereocenters. The topological polar surface area (TPSA) is 12.0 Å². The van der Waals surface area contributed by atoms with E-state index in [1.165, 1.54) is 10.5 Å². The van der Waals surface area contributed by atoms with Crippen LogP contribution in [-0.2, 0) is 0 Å². The van der Waals surface area contributed by atoms with Crippen molar-refractivity contribution in [3.8, 4) is 0 Å². The van der Waals surface area contributed by atoms with Crippen LogP contribution < -0.4 is 5.32 Å². The van der Waals surface area contributed by atoms with Gasteiger partial charge in [-0.1, -0.05) is 39.8 Å². The molecule has 1 unspecified atom stereocenters. The van der Waals surface area contributed by atoms with Crippen molar-refractivity contribution in [2.45, 2.75) is 50.3 Å². The van der Waals surface area contributed by atoms with Crippen LogP contribution in [0.1, 0.15) is 46.2 Å². The van der Waals surface area contributed by atoms with E-state index < -0.39 is 0 Å². The van der Waals surface area contributed by atoms with E-state index in [2.05, 4.69) is 64.2 Å². The molecule has 0 aliphatic heterocycles. The van der Waals surface area contributed by atoms with Crippen LogP contribution in [0, 0.1) is 0 Å². The van der Waals surface area contributed by atoms with Crippen molar-refractivity contribution in [3.63, 3.8) is 0 Å². The third-order valence-electron chi connectivity index (χ3n) is 2.31. The molecule has 0 aliphatic rings. The van der Waals surface area contributed by atoms with Gasteiger partial charge in [0.1, 0.15) is 0 Å². The zero-order valence-electron chi connectivity index (χ0n) is 11.0. The van der Waals surface area contributed by atoms with Gasteiger partial charge in [-0.2, -0.15) is 0 Å². The number of hydrogen-bond acceptors (Lipinski definition) is 2. The highest BCUT2D eigenvalue weighted by Crippen LogP contribution is 2.32. The van der Waals surface area contributed by atoms with Crippen molar-refractivity contribution in [1.82, 2.24) is 5.32 Å². The Balaban J connectivity index is 2.68. The minimum Gasteiger partial charge on any atom is -0.310 e. The van der Waals surface area contributed by atoms with E-state index in [9.17, 15) is 0 Å². The maximum atomic E-state index is 3.42. The molecule has 0 amide bonds. The smallest absolute Gasteiger partial charge is 0.0291 e. The third kappa shape index (κ3) is 4.58. The van der Waals surface area contributed by atoms with Gasteiger partial charge in [-0.25, -0.2) is 0 Å². The van der Waals surface area contributed by atoms with Crippen molar-refractivity contribution in [1.29, 1.82) is 0 Å². The fourth-order valence-corrected chi connectivity index (χ4v) is 2.58. The normalized spacial score (nSPS) is 13.8. The average Bonchev–Trinajstić information content (AvgIpc) is 2.16. The minimum atomic E-state index is 0.287. The van der Waals surface area contributed by atoms with Crippen LogP contribution in [0.25, 0.3) is 0 Å². The number of hydrogen-bond donors (Lipinski definition) is 1. The fourth-order valence-electron chi connectivity index (χ4n) is 1.60. The Labute approximate surface area is 104 Å². The summed E-state index contributed by atoms with van der Waals surface area (Å²) >= 11 is 1.91. The zero-order chi connectivity index (χ0) is 12.2. The first-order valence-corrected chi connectivity index (χ1v) is 6.76. The molecule has 90 valence electrons. The first-order chi connectivity index (χ1) is 7.42. The largest absolute Gasteiger partial charge is 0.310 e. The van der Waals surface area contributed by atoms with Crippen LogP contribution in [0.3, 0.4) is 0 Å². The Morgan fingerprint density at radius 1 is 1.19 bits per heavy atom. The van der Waals surface area contributed by atoms with Gasteiger partial charge in [0.25, 0.3) is 0 Å². The molecule has 0 bridgehead atoms. The number of nitrogens with one attached hydrogen (secondary N) is 1. The maximum absolute atomic E-state index is 3.42. The van der Waals surface area contributed by atoms with Gasteiger partial charge in [-0.3, -0.25) is 0 Å². The van der Waals surface area contributed by atoms with Gasteiger partial charge in [0.15, 0.2) is 0 Å². The lowest BCUT2D eigenvalue weighted by Gasteiger charge is -2.18. The van der Waals surface area contributed by atoms with Crippen molar-refractivity contribution < 1.29 is 0 Å². The van der Waals surface area contributed by atoms with Crippen LogP contribution in [0.15, 0.2) is 29.2 Å². The summed E-state index contributed by atoms with van der Waals surface area (Å²) in [6.07, 6.45) is 0. The van der Waals surface area contributed by atoms with Gasteiger partial charge in [0.2, 0.25) is 0 Å². The third-order valence-corrected chi connectivity index (χ3v) is 3.43. The number of rotatable bonds is 4. The molecule has 0 heterocycles. The molecule has 0 spiro atoms. The first-order valence-electron chi connectivity index (χ1n) is 5.94. The fraction of sp³-hybridized carbons (Fsp3) is 0.571. The minimum absolute atomic E-state index is 0.287. The van der Waals surface area contributed by atoms with E-state index >= 15 is 0 Å². The molecule has 0 fully saturated rings. The lowest BCUT2D eigenvalue weighted by Crippen LogP contribution is -2.17. The second kappa shape index (κ2) is 5.74. The highest BCUT2D eigenvalue weighted by Gasteiger charge is 2.12. The molecule has 0 saturated carbocycles. The summed E-state index contributed by atoms with van der Waals surface area (Å²) in [5.41, 5.74) is 1.36. The summed E-state index contributed by atoms with van der Waals surface area (Å²) in [4.78, 5) is 1.35. The van der Waals surface area contributed by atoms with Gasteiger partial charge in [0, 0.05) is 15.7 Å². The summed E-state index contributed by atoms with van der Waals surface area (Å²) < 4.78 is 0.287. The summed E-state index contributed by atoms with van der Waals surface area (Å²) in [6, 6.07) is 9.33. The monoisotopic (exact) mass is 237 g/mol. The molecule has 1 aromatic carbocycles. The van der Waals surface area contributed by atoms with E-state index in [4.69, 9.17) is 0 Å². The van der Waals surface area contributed by atoms with E-state index in [1.54, 1.807) is 0 Å². The van der Waals surface area contributed by atoms with Gasteiger partial charge < -0.3 is 5.32 Å². The Morgan fingerprint density at radius 3 is 2.19 bits per heavy atom. The summed E-state index contributed by atoms with van der Waals surface area (Å²) in [6.45, 7) is 12.1. The van der Waals surface area contributed by atoms with E-state index in [0.717, 1.165) is 6.54 Å². The second-order valence-corrected chi connectivity index (χ2v) is 6.96. The Bertz CT molecular complexity index is 311. The van der Waals surface area contributed by atoms with Crippen LogP contribution in [-0.4, -0.2) is 11.3 Å². The molecule has 0 aliphatic carbocycles. The maximum Gasteiger partial charge on any atom is 0.0291 e. The summed E-state index contributed by atoms with van der Waals surface area (Å²) in [7, 11) is 0.